The lowest BCUT2D eigenvalue weighted by Gasteiger charge is -2.28. The predicted octanol–water partition coefficient (Wildman–Crippen LogP) is 3.54. The predicted molar refractivity (Wildman–Crippen MR) is 65.8 cm³/mol. The van der Waals surface area contributed by atoms with E-state index in [2.05, 4.69) is 12.2 Å². The maximum Gasteiger partial charge on any atom is 0.151 e. The summed E-state index contributed by atoms with van der Waals surface area (Å²) >= 11 is 0. The molecule has 0 unspecified atom stereocenters. The molecular formula is C13H18F2N2. The Balaban J connectivity index is 2.08. The third kappa shape index (κ3) is 2.87. The van der Waals surface area contributed by atoms with Gasteiger partial charge in [0.1, 0.15) is 5.82 Å². The second kappa shape index (κ2) is 4.90. The van der Waals surface area contributed by atoms with Crippen LogP contribution >= 0.6 is 0 Å². The van der Waals surface area contributed by atoms with Crippen molar-refractivity contribution in [2.75, 3.05) is 11.1 Å². The third-order valence-electron chi connectivity index (χ3n) is 3.47. The van der Waals surface area contributed by atoms with E-state index >= 15 is 0 Å². The van der Waals surface area contributed by atoms with E-state index in [0.717, 1.165) is 37.7 Å². The molecule has 3 N–H and O–H groups in total. The Kier molecular flexibility index (Phi) is 3.50. The molecule has 0 bridgehead atoms. The van der Waals surface area contributed by atoms with Crippen LogP contribution in [0.2, 0.25) is 0 Å². The monoisotopic (exact) mass is 240 g/mol. The molecule has 0 aromatic heterocycles. The summed E-state index contributed by atoms with van der Waals surface area (Å²) in [7, 11) is 0. The maximum atomic E-state index is 13.3. The molecule has 2 rings (SSSR count). The van der Waals surface area contributed by atoms with Gasteiger partial charge in [-0.3, -0.25) is 0 Å². The van der Waals surface area contributed by atoms with E-state index in [1.165, 1.54) is 6.07 Å². The molecule has 0 saturated heterocycles. The van der Waals surface area contributed by atoms with Crippen molar-refractivity contribution in [2.45, 2.75) is 38.6 Å². The van der Waals surface area contributed by atoms with E-state index in [0.29, 0.717) is 5.69 Å². The Morgan fingerprint density at radius 1 is 1.18 bits per heavy atom. The van der Waals surface area contributed by atoms with Crippen LogP contribution < -0.4 is 11.1 Å². The van der Waals surface area contributed by atoms with Gasteiger partial charge in [-0.25, -0.2) is 8.78 Å². The lowest BCUT2D eigenvalue weighted by atomic mass is 9.87. The second-order valence-electron chi connectivity index (χ2n) is 4.95. The molecule has 1 saturated carbocycles. The van der Waals surface area contributed by atoms with Crippen LogP contribution in [-0.2, 0) is 0 Å². The summed E-state index contributed by atoms with van der Waals surface area (Å²) in [6, 6.07) is 2.34. The highest BCUT2D eigenvalue weighted by Crippen LogP contribution is 2.29. The minimum Gasteiger partial charge on any atom is -0.395 e. The van der Waals surface area contributed by atoms with Gasteiger partial charge < -0.3 is 11.1 Å². The first-order chi connectivity index (χ1) is 8.06. The Hall–Kier alpha value is -1.32. The zero-order chi connectivity index (χ0) is 12.4. The molecule has 0 amide bonds. The number of nitrogens with two attached hydrogens (primary N) is 1. The highest BCUT2D eigenvalue weighted by atomic mass is 19.1. The van der Waals surface area contributed by atoms with Crippen LogP contribution in [0.3, 0.4) is 0 Å². The zero-order valence-corrected chi connectivity index (χ0v) is 9.97. The fraction of sp³-hybridized carbons (Fsp3) is 0.538. The summed E-state index contributed by atoms with van der Waals surface area (Å²) in [6.45, 7) is 2.23. The SMILES string of the molecule is CC1CCC(Nc2cc(F)cc(F)c2N)CC1. The number of rotatable bonds is 2. The lowest BCUT2D eigenvalue weighted by molar-refractivity contribution is 0.361. The fourth-order valence-electron chi connectivity index (χ4n) is 2.33. The molecule has 1 fully saturated rings. The molecule has 1 aliphatic carbocycles. The summed E-state index contributed by atoms with van der Waals surface area (Å²) in [5.41, 5.74) is 5.97. The van der Waals surface area contributed by atoms with Crippen LogP contribution in [0.25, 0.3) is 0 Å². The fourth-order valence-corrected chi connectivity index (χ4v) is 2.33. The molecule has 0 heterocycles. The van der Waals surface area contributed by atoms with Crippen molar-refractivity contribution in [3.05, 3.63) is 23.8 Å². The topological polar surface area (TPSA) is 38.0 Å². The summed E-state index contributed by atoms with van der Waals surface area (Å²) in [4.78, 5) is 0. The Morgan fingerprint density at radius 2 is 1.82 bits per heavy atom. The van der Waals surface area contributed by atoms with Gasteiger partial charge in [0, 0.05) is 12.1 Å². The van der Waals surface area contributed by atoms with Crippen molar-refractivity contribution in [1.82, 2.24) is 0 Å². The van der Waals surface area contributed by atoms with Gasteiger partial charge in [0.2, 0.25) is 0 Å². The van der Waals surface area contributed by atoms with Gasteiger partial charge in [0.25, 0.3) is 0 Å². The van der Waals surface area contributed by atoms with Crippen LogP contribution in [0.1, 0.15) is 32.6 Å². The van der Waals surface area contributed by atoms with E-state index in [9.17, 15) is 8.78 Å². The van der Waals surface area contributed by atoms with Crippen molar-refractivity contribution in [1.29, 1.82) is 0 Å². The van der Waals surface area contributed by atoms with Crippen molar-refractivity contribution >= 4 is 11.4 Å². The number of nitrogen functional groups attached to an aromatic ring is 1. The van der Waals surface area contributed by atoms with E-state index in [1.54, 1.807) is 0 Å². The van der Waals surface area contributed by atoms with Gasteiger partial charge in [-0.15, -0.1) is 0 Å². The van der Waals surface area contributed by atoms with Gasteiger partial charge >= 0.3 is 0 Å². The summed E-state index contributed by atoms with van der Waals surface area (Å²) in [6.07, 6.45) is 4.35. The Bertz CT molecular complexity index is 399. The molecule has 0 spiro atoms. The molecule has 1 aromatic carbocycles. The maximum absolute atomic E-state index is 13.3. The van der Waals surface area contributed by atoms with E-state index in [-0.39, 0.29) is 11.7 Å². The van der Waals surface area contributed by atoms with Crippen molar-refractivity contribution in [2.24, 2.45) is 5.92 Å². The van der Waals surface area contributed by atoms with E-state index in [4.69, 9.17) is 5.73 Å². The minimum atomic E-state index is -0.698. The molecule has 0 atom stereocenters. The second-order valence-corrected chi connectivity index (χ2v) is 4.95. The molecule has 94 valence electrons. The molecule has 1 aromatic rings. The van der Waals surface area contributed by atoms with Crippen LogP contribution in [-0.4, -0.2) is 6.04 Å². The average molecular weight is 240 g/mol. The van der Waals surface area contributed by atoms with Gasteiger partial charge in [-0.2, -0.15) is 0 Å². The van der Waals surface area contributed by atoms with E-state index in [1.807, 2.05) is 0 Å². The minimum absolute atomic E-state index is 0.00465. The third-order valence-corrected chi connectivity index (χ3v) is 3.47. The van der Waals surface area contributed by atoms with Gasteiger partial charge in [0.15, 0.2) is 5.82 Å². The normalized spacial score (nSPS) is 24.6. The molecule has 4 heteroatoms. The van der Waals surface area contributed by atoms with Gasteiger partial charge in [-0.1, -0.05) is 6.92 Å². The summed E-state index contributed by atoms with van der Waals surface area (Å²) in [5.74, 6) is -0.547. The van der Waals surface area contributed by atoms with Crippen LogP contribution in [0.4, 0.5) is 20.2 Å². The first kappa shape index (κ1) is 12.1. The van der Waals surface area contributed by atoms with Crippen LogP contribution in [0, 0.1) is 17.6 Å². The number of nitrogens with one attached hydrogen (secondary N) is 1. The standard InChI is InChI=1S/C13H18F2N2/c1-8-2-4-10(5-3-8)17-12-7-9(14)6-11(15)13(12)16/h6-8,10,17H,2-5,16H2,1H3. The summed E-state index contributed by atoms with van der Waals surface area (Å²) in [5, 5.41) is 3.15. The Labute approximate surface area is 100 Å². The van der Waals surface area contributed by atoms with Crippen molar-refractivity contribution < 1.29 is 8.78 Å². The quantitative estimate of drug-likeness (QED) is 0.776. The van der Waals surface area contributed by atoms with Gasteiger partial charge in [0.05, 0.1) is 11.4 Å². The largest absolute Gasteiger partial charge is 0.395 e. The summed E-state index contributed by atoms with van der Waals surface area (Å²) < 4.78 is 26.3. The average Bonchev–Trinajstić information content (AvgIpc) is 2.28. The number of hydrogen-bond acceptors (Lipinski definition) is 2. The molecule has 2 nitrogen and oxygen atoms in total. The van der Waals surface area contributed by atoms with Crippen molar-refractivity contribution in [3.63, 3.8) is 0 Å². The molecule has 1 aliphatic rings. The highest BCUT2D eigenvalue weighted by molar-refractivity contribution is 5.67. The number of anilines is 2. The smallest absolute Gasteiger partial charge is 0.151 e. The first-order valence-corrected chi connectivity index (χ1v) is 6.07. The molecule has 0 radical (unpaired) electrons. The number of benzene rings is 1. The number of halogens is 2. The molecular weight excluding hydrogens is 222 g/mol. The zero-order valence-electron chi connectivity index (χ0n) is 9.97. The van der Waals surface area contributed by atoms with E-state index < -0.39 is 11.6 Å². The van der Waals surface area contributed by atoms with Crippen LogP contribution in [0.15, 0.2) is 12.1 Å². The molecule has 0 aliphatic heterocycles. The van der Waals surface area contributed by atoms with Crippen LogP contribution in [0.5, 0.6) is 0 Å². The lowest BCUT2D eigenvalue weighted by Crippen LogP contribution is -2.25. The van der Waals surface area contributed by atoms with Crippen molar-refractivity contribution in [3.8, 4) is 0 Å². The van der Waals surface area contributed by atoms with Gasteiger partial charge in [-0.05, 0) is 37.7 Å². The Morgan fingerprint density at radius 3 is 2.47 bits per heavy atom. The highest BCUT2D eigenvalue weighted by Gasteiger charge is 2.19. The number of hydrogen-bond donors (Lipinski definition) is 2. The first-order valence-electron chi connectivity index (χ1n) is 6.07. The molecule has 17 heavy (non-hydrogen) atoms.